The molecule has 1 saturated carbocycles. The molecule has 35 heavy (non-hydrogen) atoms. The molecule has 1 saturated heterocycles. The number of carbonyl (C=O) groups is 1. The number of urea groups is 1. The Kier molecular flexibility index (Phi) is 5.12. The summed E-state index contributed by atoms with van der Waals surface area (Å²) in [7, 11) is 3.76. The zero-order valence-corrected chi connectivity index (χ0v) is 20.8. The molecule has 9 nitrogen and oxygen atoms in total. The van der Waals surface area contributed by atoms with Gasteiger partial charge in [-0.15, -0.1) is 0 Å². The Balaban J connectivity index is 1.38. The quantitative estimate of drug-likeness (QED) is 0.583. The fraction of sp³-hybridized carbons (Fsp3) is 0.538. The van der Waals surface area contributed by atoms with Crippen LogP contribution in [0.1, 0.15) is 41.6 Å². The molecule has 6 rings (SSSR count). The van der Waals surface area contributed by atoms with E-state index >= 15 is 0 Å². The fourth-order valence-corrected chi connectivity index (χ4v) is 6.22. The van der Waals surface area contributed by atoms with Crippen LogP contribution in [0.15, 0.2) is 22.7 Å². The molecule has 2 fully saturated rings. The number of aryl methyl sites for hydroxylation is 3. The highest BCUT2D eigenvalue weighted by Gasteiger charge is 2.55. The van der Waals surface area contributed by atoms with Crippen molar-refractivity contribution >= 4 is 22.6 Å². The van der Waals surface area contributed by atoms with Crippen LogP contribution in [0.2, 0.25) is 0 Å². The van der Waals surface area contributed by atoms with E-state index in [0.717, 1.165) is 30.0 Å². The largest absolute Gasteiger partial charge is 0.497 e. The second kappa shape index (κ2) is 7.99. The third kappa shape index (κ3) is 3.43. The average Bonchev–Trinajstić information content (AvgIpc) is 3.54. The van der Waals surface area contributed by atoms with Crippen molar-refractivity contribution in [2.24, 2.45) is 13.0 Å². The molecule has 1 aliphatic carbocycles. The van der Waals surface area contributed by atoms with E-state index in [1.54, 1.807) is 14.0 Å². The van der Waals surface area contributed by atoms with E-state index in [2.05, 4.69) is 39.1 Å². The number of aliphatic hydroxyl groups is 1. The number of nitrogens with zero attached hydrogens (tertiary/aromatic N) is 4. The van der Waals surface area contributed by atoms with Gasteiger partial charge in [0.25, 0.3) is 0 Å². The van der Waals surface area contributed by atoms with E-state index in [9.17, 15) is 9.90 Å². The monoisotopic (exact) mass is 479 g/mol. The van der Waals surface area contributed by atoms with Gasteiger partial charge in [-0.05, 0) is 50.3 Å². The highest BCUT2D eigenvalue weighted by molar-refractivity contribution is 5.93. The molecule has 2 aliphatic heterocycles. The highest BCUT2D eigenvalue weighted by atomic mass is 16.5. The van der Waals surface area contributed by atoms with Crippen LogP contribution < -0.4 is 10.1 Å². The second-order valence-corrected chi connectivity index (χ2v) is 10.5. The van der Waals surface area contributed by atoms with Crippen LogP contribution >= 0.6 is 0 Å². The van der Waals surface area contributed by atoms with Gasteiger partial charge < -0.3 is 29.2 Å². The molecule has 186 valence electrons. The Morgan fingerprint density at radius 2 is 2.06 bits per heavy atom. The molecule has 0 bridgehead atoms. The Labute approximate surface area is 204 Å². The summed E-state index contributed by atoms with van der Waals surface area (Å²) < 4.78 is 12.9. The highest BCUT2D eigenvalue weighted by Crippen LogP contribution is 2.50. The maximum absolute atomic E-state index is 13.1. The van der Waals surface area contributed by atoms with Crippen LogP contribution in [-0.4, -0.2) is 70.6 Å². The summed E-state index contributed by atoms with van der Waals surface area (Å²) in [4.78, 5) is 17.5. The number of rotatable bonds is 5. The number of hydrogen-bond donors (Lipinski definition) is 2. The predicted molar refractivity (Wildman–Crippen MR) is 132 cm³/mol. The molecule has 2 aromatic heterocycles. The number of nitrogens with one attached hydrogen (secondary N) is 1. The summed E-state index contributed by atoms with van der Waals surface area (Å²) in [5.41, 5.74) is 4.67. The van der Waals surface area contributed by atoms with Crippen molar-refractivity contribution < 1.29 is 19.2 Å². The lowest BCUT2D eigenvalue weighted by Gasteiger charge is -2.56. The third-order valence-corrected chi connectivity index (χ3v) is 8.15. The number of ether oxygens (including phenoxy) is 1. The van der Waals surface area contributed by atoms with Gasteiger partial charge in [0.05, 0.1) is 25.3 Å². The Morgan fingerprint density at radius 1 is 1.29 bits per heavy atom. The summed E-state index contributed by atoms with van der Waals surface area (Å²) in [6, 6.07) is 6.02. The summed E-state index contributed by atoms with van der Waals surface area (Å²) in [6.07, 6.45) is 2.51. The van der Waals surface area contributed by atoms with Crippen LogP contribution in [0.3, 0.4) is 0 Å². The van der Waals surface area contributed by atoms with Crippen LogP contribution in [-0.2, 0) is 12.5 Å². The Morgan fingerprint density at radius 3 is 2.69 bits per heavy atom. The van der Waals surface area contributed by atoms with Crippen molar-refractivity contribution in [3.63, 3.8) is 0 Å². The first-order valence-corrected chi connectivity index (χ1v) is 12.4. The molecule has 3 aromatic rings. The number of fused-ring (bicyclic) bond motifs is 4. The maximum Gasteiger partial charge on any atom is 0.322 e. The van der Waals surface area contributed by atoms with E-state index in [1.165, 1.54) is 23.8 Å². The normalized spacial score (nSPS) is 21.3. The van der Waals surface area contributed by atoms with Gasteiger partial charge in [-0.3, -0.25) is 4.90 Å². The number of carbonyl (C=O) groups excluding carboxylic acids is 1. The van der Waals surface area contributed by atoms with Crippen molar-refractivity contribution in [2.45, 2.75) is 38.1 Å². The van der Waals surface area contributed by atoms with Gasteiger partial charge in [0.2, 0.25) is 0 Å². The van der Waals surface area contributed by atoms with E-state index in [1.807, 2.05) is 17.9 Å². The standard InChI is InChI=1S/C26H33N5O4/c1-15-23(16(2)35-28-15)27-25(33)31-13-26(14-31)12-30(10-17-5-6-17)21(11-32)24-22(26)19-8-7-18(34-4)9-20(19)29(24)3/h7-9,17,21,32H,5-6,10-14H2,1-4H3,(H,27,33)/t21-/m0/s1. The molecule has 1 aromatic carbocycles. The third-order valence-electron chi connectivity index (χ3n) is 8.15. The molecule has 0 unspecified atom stereocenters. The lowest BCUT2D eigenvalue weighted by molar-refractivity contribution is 0.0130. The SMILES string of the molecule is COc1ccc2c3c(n(C)c2c1)[C@H](CO)N(CC1CC1)CC31CN(C(=O)Nc2c(C)noc2C)C1. The first-order chi connectivity index (χ1) is 16.8. The Bertz CT molecular complexity index is 1280. The zero-order valence-electron chi connectivity index (χ0n) is 20.8. The number of methoxy groups -OCH3 is 1. The zero-order chi connectivity index (χ0) is 24.5. The first kappa shape index (κ1) is 22.4. The fourth-order valence-electron chi connectivity index (χ4n) is 6.22. The first-order valence-electron chi connectivity index (χ1n) is 12.4. The number of hydrogen-bond acceptors (Lipinski definition) is 6. The minimum absolute atomic E-state index is 0.0511. The minimum atomic E-state index is -0.180. The lowest BCUT2D eigenvalue weighted by atomic mass is 9.68. The van der Waals surface area contributed by atoms with Gasteiger partial charge in [-0.25, -0.2) is 4.79 Å². The van der Waals surface area contributed by atoms with Crippen molar-refractivity contribution in [3.8, 4) is 5.75 Å². The molecule has 2 N–H and O–H groups in total. The summed E-state index contributed by atoms with van der Waals surface area (Å²) >= 11 is 0. The van der Waals surface area contributed by atoms with Crippen molar-refractivity contribution in [2.75, 3.05) is 45.2 Å². The second-order valence-electron chi connectivity index (χ2n) is 10.5. The van der Waals surface area contributed by atoms with E-state index < -0.39 is 0 Å². The number of benzene rings is 1. The topological polar surface area (TPSA) is 96.0 Å². The van der Waals surface area contributed by atoms with Gasteiger partial charge >= 0.3 is 6.03 Å². The summed E-state index contributed by atoms with van der Waals surface area (Å²) in [6.45, 7) is 6.78. The van der Waals surface area contributed by atoms with Gasteiger partial charge in [-0.1, -0.05) is 5.16 Å². The van der Waals surface area contributed by atoms with Crippen LogP contribution in [0.25, 0.3) is 10.9 Å². The number of likely N-dealkylation sites (tertiary alicyclic amines) is 1. The number of amides is 2. The van der Waals surface area contributed by atoms with E-state index in [0.29, 0.717) is 36.1 Å². The molecular weight excluding hydrogens is 446 g/mol. The van der Waals surface area contributed by atoms with Crippen molar-refractivity contribution in [3.05, 3.63) is 40.9 Å². The minimum Gasteiger partial charge on any atom is -0.497 e. The maximum atomic E-state index is 13.1. The molecule has 1 spiro atoms. The van der Waals surface area contributed by atoms with Crippen molar-refractivity contribution in [1.82, 2.24) is 19.5 Å². The summed E-state index contributed by atoms with van der Waals surface area (Å²) in [5.74, 6) is 2.13. The van der Waals surface area contributed by atoms with Crippen LogP contribution in [0.4, 0.5) is 10.5 Å². The van der Waals surface area contributed by atoms with E-state index in [-0.39, 0.29) is 24.1 Å². The van der Waals surface area contributed by atoms with Gasteiger partial charge in [0, 0.05) is 55.8 Å². The molecule has 1 atom stereocenters. The molecule has 9 heteroatoms. The Hall–Kier alpha value is -3.04. The number of aromatic nitrogens is 2. The smallest absolute Gasteiger partial charge is 0.322 e. The summed E-state index contributed by atoms with van der Waals surface area (Å²) in [5, 5.41) is 18.6. The molecule has 3 aliphatic rings. The van der Waals surface area contributed by atoms with Crippen molar-refractivity contribution in [1.29, 1.82) is 0 Å². The molecule has 0 radical (unpaired) electrons. The van der Waals surface area contributed by atoms with Gasteiger partial charge in [-0.2, -0.15) is 0 Å². The molecular formula is C26H33N5O4. The van der Waals surface area contributed by atoms with E-state index in [4.69, 9.17) is 9.26 Å². The van der Waals surface area contributed by atoms with Crippen LogP contribution in [0.5, 0.6) is 5.75 Å². The number of anilines is 1. The van der Waals surface area contributed by atoms with Gasteiger partial charge in [0.15, 0.2) is 5.76 Å². The predicted octanol–water partition coefficient (Wildman–Crippen LogP) is 3.34. The average molecular weight is 480 g/mol. The molecule has 2 amide bonds. The van der Waals surface area contributed by atoms with Gasteiger partial charge in [0.1, 0.15) is 17.1 Å². The lowest BCUT2D eigenvalue weighted by Crippen LogP contribution is -2.68. The van der Waals surface area contributed by atoms with Crippen LogP contribution in [0, 0.1) is 19.8 Å². The number of aliphatic hydroxyl groups excluding tert-OH is 1. The molecule has 4 heterocycles.